The van der Waals surface area contributed by atoms with Crippen molar-refractivity contribution in [1.82, 2.24) is 0 Å². The van der Waals surface area contributed by atoms with E-state index in [2.05, 4.69) is 13.8 Å². The number of ether oxygens (including phenoxy) is 2. The van der Waals surface area contributed by atoms with Crippen molar-refractivity contribution in [3.05, 3.63) is 0 Å². The maximum absolute atomic E-state index is 12.7. The van der Waals surface area contributed by atoms with E-state index in [-0.39, 0.29) is 25.8 Å². The zero-order valence-corrected chi connectivity index (χ0v) is 39.8. The van der Waals surface area contributed by atoms with Gasteiger partial charge in [-0.15, -0.1) is 0 Å². The molecule has 0 saturated heterocycles. The van der Waals surface area contributed by atoms with E-state index in [1.54, 1.807) is 0 Å². The topological polar surface area (TPSA) is 91.3 Å². The van der Waals surface area contributed by atoms with Crippen molar-refractivity contribution in [2.75, 3.05) is 54.1 Å². The summed E-state index contributed by atoms with van der Waals surface area (Å²) >= 11 is 0. The number of nitrogens with zero attached hydrogens (tertiary/aromatic N) is 1. The minimum absolute atomic E-state index is 0.0941. The predicted molar refractivity (Wildman–Crippen MR) is 243 cm³/mol. The largest absolute Gasteiger partial charge is 0.472 e. The number of hydrogen-bond donors (Lipinski definition) is 1. The van der Waals surface area contributed by atoms with Crippen LogP contribution in [0.15, 0.2) is 0 Å². The Morgan fingerprint density at radius 2 is 0.807 bits per heavy atom. The van der Waals surface area contributed by atoms with Crippen LogP contribution in [0.5, 0.6) is 0 Å². The Balaban J connectivity index is 4.11. The van der Waals surface area contributed by atoms with Gasteiger partial charge in [-0.1, -0.05) is 226 Å². The fourth-order valence-electron chi connectivity index (χ4n) is 7.32. The van der Waals surface area contributed by atoms with Crippen LogP contribution < -0.4 is 0 Å². The summed E-state index contributed by atoms with van der Waals surface area (Å²) in [4.78, 5) is 23.0. The molecule has 57 heavy (non-hydrogen) atoms. The summed E-state index contributed by atoms with van der Waals surface area (Å²) < 4.78 is 35.1. The summed E-state index contributed by atoms with van der Waals surface area (Å²) in [5.41, 5.74) is 0. The SMILES string of the molecule is CCCCCCCCCCCCCCCCCCCCOC[C@H](COP(=O)(O)OCC[N+](C)(C)C)OC(=O)CCCCCCCCCCCCCCCCCCC. The van der Waals surface area contributed by atoms with E-state index in [0.717, 1.165) is 32.1 Å². The van der Waals surface area contributed by atoms with Crippen molar-refractivity contribution >= 4 is 13.8 Å². The van der Waals surface area contributed by atoms with Gasteiger partial charge < -0.3 is 18.9 Å². The molecule has 0 aromatic rings. The Labute approximate surface area is 355 Å². The highest BCUT2D eigenvalue weighted by Gasteiger charge is 2.26. The van der Waals surface area contributed by atoms with Crippen LogP contribution in [0.25, 0.3) is 0 Å². The van der Waals surface area contributed by atoms with Crippen molar-refractivity contribution in [2.24, 2.45) is 0 Å². The third kappa shape index (κ3) is 46.4. The zero-order chi connectivity index (χ0) is 42.0. The molecule has 0 fully saturated rings. The van der Waals surface area contributed by atoms with Gasteiger partial charge in [-0.25, -0.2) is 4.57 Å². The van der Waals surface area contributed by atoms with Crippen LogP contribution in [0, 0.1) is 0 Å². The van der Waals surface area contributed by atoms with Crippen molar-refractivity contribution < 1.29 is 37.3 Å². The fraction of sp³-hybridized carbons (Fsp3) is 0.979. The summed E-state index contributed by atoms with van der Waals surface area (Å²) in [6, 6.07) is 0. The Bertz CT molecular complexity index is 883. The lowest BCUT2D eigenvalue weighted by Crippen LogP contribution is -2.37. The Morgan fingerprint density at radius 1 is 0.474 bits per heavy atom. The van der Waals surface area contributed by atoms with Crippen molar-refractivity contribution in [3.8, 4) is 0 Å². The van der Waals surface area contributed by atoms with Gasteiger partial charge >= 0.3 is 13.8 Å². The Morgan fingerprint density at radius 3 is 1.16 bits per heavy atom. The number of likely N-dealkylation sites (N-methyl/N-ethyl adjacent to an activating group) is 1. The van der Waals surface area contributed by atoms with Crippen LogP contribution in [-0.4, -0.2) is 75.6 Å². The van der Waals surface area contributed by atoms with E-state index >= 15 is 0 Å². The van der Waals surface area contributed by atoms with Crippen LogP contribution in [0.3, 0.4) is 0 Å². The summed E-state index contributed by atoms with van der Waals surface area (Å²) in [6.07, 6.45) is 45.6. The highest BCUT2D eigenvalue weighted by atomic mass is 31.2. The molecule has 342 valence electrons. The van der Waals surface area contributed by atoms with Gasteiger partial charge in [0.05, 0.1) is 34.4 Å². The van der Waals surface area contributed by atoms with E-state index < -0.39 is 13.9 Å². The quantitative estimate of drug-likeness (QED) is 0.0283. The first kappa shape index (κ1) is 56.5. The molecule has 0 aliphatic rings. The molecule has 1 N–H and O–H groups in total. The van der Waals surface area contributed by atoms with Crippen LogP contribution in [0.1, 0.15) is 245 Å². The third-order valence-electron chi connectivity index (χ3n) is 11.2. The molecule has 0 saturated carbocycles. The standard InChI is InChI=1S/C48H98NO7P/c1-6-8-10-12-14-16-18-20-22-24-26-28-30-32-34-36-38-40-43-53-45-47(46-55-57(51,52)54-44-42-49(3,4)5)56-48(50)41-39-37-35-33-31-29-27-25-23-21-19-17-15-13-11-9-7-2/h47H,6-46H2,1-5H3/p+1/t47-/m1/s1. The molecule has 1 unspecified atom stereocenters. The molecule has 8 nitrogen and oxygen atoms in total. The monoisotopic (exact) mass is 833 g/mol. The summed E-state index contributed by atoms with van der Waals surface area (Å²) in [7, 11) is 1.69. The lowest BCUT2D eigenvalue weighted by atomic mass is 10.0. The summed E-state index contributed by atoms with van der Waals surface area (Å²) in [6.45, 7) is 5.70. The number of rotatable bonds is 47. The number of phosphoric ester groups is 1. The number of carbonyl (C=O) groups excluding carboxylic acids is 1. The lowest BCUT2D eigenvalue weighted by Gasteiger charge is -2.24. The molecule has 0 spiro atoms. The molecule has 2 atom stereocenters. The van der Waals surface area contributed by atoms with Gasteiger partial charge in [-0.3, -0.25) is 13.8 Å². The molecule has 0 aliphatic heterocycles. The van der Waals surface area contributed by atoms with E-state index in [1.807, 2.05) is 21.1 Å². The van der Waals surface area contributed by atoms with E-state index in [4.69, 9.17) is 18.5 Å². The first-order valence-electron chi connectivity index (χ1n) is 24.8. The Hall–Kier alpha value is -0.500. The smallest absolute Gasteiger partial charge is 0.457 e. The second kappa shape index (κ2) is 42.2. The molecule has 9 heteroatoms. The number of unbranched alkanes of at least 4 members (excludes halogenated alkanes) is 33. The number of quaternary nitrogens is 1. The van der Waals surface area contributed by atoms with Gasteiger partial charge in [0, 0.05) is 13.0 Å². The van der Waals surface area contributed by atoms with Gasteiger partial charge in [-0.05, 0) is 12.8 Å². The van der Waals surface area contributed by atoms with Gasteiger partial charge in [0.25, 0.3) is 0 Å². The maximum Gasteiger partial charge on any atom is 0.472 e. The first-order valence-corrected chi connectivity index (χ1v) is 26.3. The highest BCUT2D eigenvalue weighted by Crippen LogP contribution is 2.43. The van der Waals surface area contributed by atoms with Crippen molar-refractivity contribution in [1.29, 1.82) is 0 Å². The molecule has 0 aromatic carbocycles. The van der Waals surface area contributed by atoms with E-state index in [1.165, 1.54) is 193 Å². The molecular formula is C48H99NO7P+. The molecular weight excluding hydrogens is 734 g/mol. The summed E-state index contributed by atoms with van der Waals surface area (Å²) in [5, 5.41) is 0. The number of hydrogen-bond acceptors (Lipinski definition) is 6. The number of esters is 1. The van der Waals surface area contributed by atoms with Gasteiger partial charge in [0.15, 0.2) is 0 Å². The molecule has 0 aromatic heterocycles. The molecule has 0 aliphatic carbocycles. The maximum atomic E-state index is 12.7. The second-order valence-corrected chi connectivity index (χ2v) is 19.7. The fourth-order valence-corrected chi connectivity index (χ4v) is 8.06. The average Bonchev–Trinajstić information content (AvgIpc) is 3.16. The normalized spacial score (nSPS) is 13.6. The van der Waals surface area contributed by atoms with E-state index in [0.29, 0.717) is 24.1 Å². The highest BCUT2D eigenvalue weighted by molar-refractivity contribution is 7.47. The molecule has 0 bridgehead atoms. The van der Waals surface area contributed by atoms with Gasteiger partial charge in [-0.2, -0.15) is 0 Å². The minimum atomic E-state index is -4.27. The first-order chi connectivity index (χ1) is 27.6. The van der Waals surface area contributed by atoms with Crippen molar-refractivity contribution in [2.45, 2.75) is 251 Å². The Kier molecular flexibility index (Phi) is 41.8. The molecule has 0 heterocycles. The number of phosphoric acid groups is 1. The molecule has 0 rings (SSSR count). The molecule has 0 amide bonds. The van der Waals surface area contributed by atoms with E-state index in [9.17, 15) is 14.3 Å². The average molecular weight is 833 g/mol. The van der Waals surface area contributed by atoms with Crippen LogP contribution in [0.4, 0.5) is 0 Å². The third-order valence-corrected chi connectivity index (χ3v) is 12.2. The lowest BCUT2D eigenvalue weighted by molar-refractivity contribution is -0.870. The second-order valence-electron chi connectivity index (χ2n) is 18.2. The minimum Gasteiger partial charge on any atom is -0.457 e. The van der Waals surface area contributed by atoms with Crippen LogP contribution >= 0.6 is 7.82 Å². The zero-order valence-electron chi connectivity index (χ0n) is 38.9. The van der Waals surface area contributed by atoms with Gasteiger partial charge in [0.2, 0.25) is 0 Å². The molecule has 0 radical (unpaired) electrons. The van der Waals surface area contributed by atoms with Crippen molar-refractivity contribution in [3.63, 3.8) is 0 Å². The number of carbonyl (C=O) groups is 1. The van der Waals surface area contributed by atoms with Crippen LogP contribution in [-0.2, 0) is 27.9 Å². The predicted octanol–water partition coefficient (Wildman–Crippen LogP) is 14.8. The van der Waals surface area contributed by atoms with Gasteiger partial charge in [0.1, 0.15) is 19.3 Å². The summed E-state index contributed by atoms with van der Waals surface area (Å²) in [5.74, 6) is -0.306. The van der Waals surface area contributed by atoms with Crippen LogP contribution in [0.2, 0.25) is 0 Å².